The van der Waals surface area contributed by atoms with Gasteiger partial charge in [-0.3, -0.25) is 4.79 Å². The highest BCUT2D eigenvalue weighted by molar-refractivity contribution is 7.96. The first kappa shape index (κ1) is 10.1. The SMILES string of the molecule is CCNc1ccc(CC(=O)S)cc1. The molecule has 1 N–H and O–H groups in total. The molecule has 1 rings (SSSR count). The van der Waals surface area contributed by atoms with Crippen molar-refractivity contribution in [2.24, 2.45) is 0 Å². The minimum Gasteiger partial charge on any atom is -0.385 e. The van der Waals surface area contributed by atoms with Gasteiger partial charge in [-0.25, -0.2) is 0 Å². The lowest BCUT2D eigenvalue weighted by atomic mass is 10.1. The van der Waals surface area contributed by atoms with Gasteiger partial charge < -0.3 is 5.32 Å². The molecule has 13 heavy (non-hydrogen) atoms. The molecule has 0 atom stereocenters. The van der Waals surface area contributed by atoms with E-state index in [1.807, 2.05) is 31.2 Å². The highest BCUT2D eigenvalue weighted by atomic mass is 32.1. The average Bonchev–Trinajstić information content (AvgIpc) is 2.08. The Kier molecular flexibility index (Phi) is 3.83. The molecule has 0 heterocycles. The second-order valence-corrected chi connectivity index (χ2v) is 3.30. The topological polar surface area (TPSA) is 29.1 Å². The summed E-state index contributed by atoms with van der Waals surface area (Å²) < 4.78 is 0. The second-order valence-electron chi connectivity index (χ2n) is 2.80. The summed E-state index contributed by atoms with van der Waals surface area (Å²) in [5.74, 6) is 0. The summed E-state index contributed by atoms with van der Waals surface area (Å²) in [5, 5.41) is 3.08. The molecule has 1 aromatic carbocycles. The van der Waals surface area contributed by atoms with Crippen molar-refractivity contribution in [1.82, 2.24) is 0 Å². The van der Waals surface area contributed by atoms with E-state index in [1.54, 1.807) is 0 Å². The largest absolute Gasteiger partial charge is 0.385 e. The standard InChI is InChI=1S/C10H13NOS/c1-2-11-9-5-3-8(4-6-9)7-10(12)13/h3-6,11H,2,7H2,1H3,(H,12,13). The first-order valence-electron chi connectivity index (χ1n) is 4.27. The summed E-state index contributed by atoms with van der Waals surface area (Å²) in [6, 6.07) is 7.81. The number of benzene rings is 1. The number of hydrogen-bond donors (Lipinski definition) is 2. The molecule has 0 radical (unpaired) electrons. The zero-order valence-electron chi connectivity index (χ0n) is 7.58. The predicted molar refractivity (Wildman–Crippen MR) is 58.3 cm³/mol. The van der Waals surface area contributed by atoms with Crippen molar-refractivity contribution in [3.05, 3.63) is 29.8 Å². The number of carbonyl (C=O) groups is 1. The van der Waals surface area contributed by atoms with Gasteiger partial charge in [-0.15, -0.1) is 12.6 Å². The lowest BCUT2D eigenvalue weighted by Crippen LogP contribution is -1.97. The molecule has 0 aromatic heterocycles. The maximum Gasteiger partial charge on any atom is 0.190 e. The summed E-state index contributed by atoms with van der Waals surface area (Å²) in [7, 11) is 0. The fraction of sp³-hybridized carbons (Fsp3) is 0.300. The molecular formula is C10H13NOS. The van der Waals surface area contributed by atoms with Gasteiger partial charge >= 0.3 is 0 Å². The summed E-state index contributed by atoms with van der Waals surface area (Å²) in [6.45, 7) is 2.95. The van der Waals surface area contributed by atoms with E-state index in [-0.39, 0.29) is 5.12 Å². The van der Waals surface area contributed by atoms with E-state index in [9.17, 15) is 4.79 Å². The van der Waals surface area contributed by atoms with Crippen LogP contribution in [0.4, 0.5) is 5.69 Å². The fourth-order valence-corrected chi connectivity index (χ4v) is 1.30. The van der Waals surface area contributed by atoms with E-state index >= 15 is 0 Å². The van der Waals surface area contributed by atoms with Crippen LogP contribution in [-0.2, 0) is 11.2 Å². The molecule has 0 saturated heterocycles. The van der Waals surface area contributed by atoms with Crippen LogP contribution in [0.3, 0.4) is 0 Å². The van der Waals surface area contributed by atoms with Crippen LogP contribution < -0.4 is 5.32 Å². The molecule has 0 bridgehead atoms. The van der Waals surface area contributed by atoms with Crippen LogP contribution in [0.25, 0.3) is 0 Å². The van der Waals surface area contributed by atoms with E-state index in [0.29, 0.717) is 6.42 Å². The first-order chi connectivity index (χ1) is 6.22. The van der Waals surface area contributed by atoms with Crippen molar-refractivity contribution in [1.29, 1.82) is 0 Å². The van der Waals surface area contributed by atoms with Crippen molar-refractivity contribution in [3.8, 4) is 0 Å². The molecule has 0 amide bonds. The van der Waals surface area contributed by atoms with Crippen LogP contribution in [0.1, 0.15) is 12.5 Å². The zero-order valence-corrected chi connectivity index (χ0v) is 8.47. The van der Waals surface area contributed by atoms with E-state index in [2.05, 4.69) is 17.9 Å². The van der Waals surface area contributed by atoms with E-state index in [1.165, 1.54) is 0 Å². The highest BCUT2D eigenvalue weighted by Gasteiger charge is 1.97. The number of carbonyl (C=O) groups excluding carboxylic acids is 1. The van der Waals surface area contributed by atoms with Gasteiger partial charge in [-0.1, -0.05) is 12.1 Å². The summed E-state index contributed by atoms with van der Waals surface area (Å²) in [5.41, 5.74) is 2.08. The van der Waals surface area contributed by atoms with Crippen molar-refractivity contribution in [2.75, 3.05) is 11.9 Å². The number of anilines is 1. The van der Waals surface area contributed by atoms with Crippen LogP contribution in [0.5, 0.6) is 0 Å². The van der Waals surface area contributed by atoms with Crippen LogP contribution >= 0.6 is 12.6 Å². The maximum atomic E-state index is 10.7. The molecule has 0 aliphatic carbocycles. The van der Waals surface area contributed by atoms with Crippen molar-refractivity contribution >= 4 is 23.4 Å². The van der Waals surface area contributed by atoms with Crippen LogP contribution in [0.2, 0.25) is 0 Å². The minimum atomic E-state index is -0.101. The van der Waals surface area contributed by atoms with Gasteiger partial charge in [-0.05, 0) is 24.6 Å². The average molecular weight is 195 g/mol. The van der Waals surface area contributed by atoms with Gasteiger partial charge in [0.2, 0.25) is 0 Å². The van der Waals surface area contributed by atoms with E-state index in [0.717, 1.165) is 17.8 Å². The molecular weight excluding hydrogens is 182 g/mol. The van der Waals surface area contributed by atoms with Gasteiger partial charge in [0.15, 0.2) is 5.12 Å². The number of thiol groups is 1. The molecule has 2 nitrogen and oxygen atoms in total. The lowest BCUT2D eigenvalue weighted by Gasteiger charge is -2.03. The second kappa shape index (κ2) is 4.92. The highest BCUT2D eigenvalue weighted by Crippen LogP contribution is 2.10. The van der Waals surface area contributed by atoms with Crippen LogP contribution in [-0.4, -0.2) is 11.7 Å². The molecule has 3 heteroatoms. The molecule has 0 unspecified atom stereocenters. The Balaban J connectivity index is 2.64. The lowest BCUT2D eigenvalue weighted by molar-refractivity contribution is -0.110. The summed E-state index contributed by atoms with van der Waals surface area (Å²) in [6.07, 6.45) is 0.398. The van der Waals surface area contributed by atoms with Gasteiger partial charge in [0, 0.05) is 18.7 Å². The van der Waals surface area contributed by atoms with Crippen LogP contribution in [0.15, 0.2) is 24.3 Å². The normalized spacial score (nSPS) is 9.69. The van der Waals surface area contributed by atoms with Gasteiger partial charge in [-0.2, -0.15) is 0 Å². The Morgan fingerprint density at radius 1 is 1.38 bits per heavy atom. The van der Waals surface area contributed by atoms with Crippen LogP contribution in [0, 0.1) is 0 Å². The van der Waals surface area contributed by atoms with Crippen molar-refractivity contribution in [2.45, 2.75) is 13.3 Å². The fourth-order valence-electron chi connectivity index (χ4n) is 1.12. The van der Waals surface area contributed by atoms with E-state index < -0.39 is 0 Å². The third-order valence-electron chi connectivity index (χ3n) is 1.69. The molecule has 0 aliphatic heterocycles. The molecule has 70 valence electrons. The molecule has 0 spiro atoms. The van der Waals surface area contributed by atoms with Crippen molar-refractivity contribution < 1.29 is 4.79 Å². The number of rotatable bonds is 4. The molecule has 0 aliphatic rings. The quantitative estimate of drug-likeness (QED) is 0.721. The van der Waals surface area contributed by atoms with E-state index in [4.69, 9.17) is 0 Å². The minimum absolute atomic E-state index is 0.101. The number of nitrogens with one attached hydrogen (secondary N) is 1. The maximum absolute atomic E-state index is 10.7. The third-order valence-corrected chi connectivity index (χ3v) is 1.85. The Morgan fingerprint density at radius 3 is 2.46 bits per heavy atom. The predicted octanol–water partition coefficient (Wildman–Crippen LogP) is 2.12. The smallest absolute Gasteiger partial charge is 0.190 e. The Labute approximate surface area is 83.8 Å². The Bertz CT molecular complexity index is 281. The Hall–Kier alpha value is -0.960. The van der Waals surface area contributed by atoms with Gasteiger partial charge in [0.05, 0.1) is 0 Å². The first-order valence-corrected chi connectivity index (χ1v) is 4.71. The zero-order chi connectivity index (χ0) is 9.68. The summed E-state index contributed by atoms with van der Waals surface area (Å²) >= 11 is 3.72. The molecule has 0 fully saturated rings. The Morgan fingerprint density at radius 2 is 2.00 bits per heavy atom. The molecule has 0 saturated carbocycles. The van der Waals surface area contributed by atoms with Gasteiger partial charge in [0.25, 0.3) is 0 Å². The van der Waals surface area contributed by atoms with Gasteiger partial charge in [0.1, 0.15) is 0 Å². The van der Waals surface area contributed by atoms with Crippen molar-refractivity contribution in [3.63, 3.8) is 0 Å². The summed E-state index contributed by atoms with van der Waals surface area (Å²) in [4.78, 5) is 10.7. The molecule has 1 aromatic rings. The third kappa shape index (κ3) is 3.51. The number of hydrogen-bond acceptors (Lipinski definition) is 2. The monoisotopic (exact) mass is 195 g/mol.